The van der Waals surface area contributed by atoms with Crippen LogP contribution in [0.3, 0.4) is 0 Å². The Bertz CT molecular complexity index is 810. The van der Waals surface area contributed by atoms with Crippen molar-refractivity contribution in [2.24, 2.45) is 0 Å². The Morgan fingerprint density at radius 1 is 0.933 bits per heavy atom. The molecular formula is C24H31NO5. The number of carbonyl (C=O) groups excluding carboxylic acids is 2. The van der Waals surface area contributed by atoms with Crippen LogP contribution >= 0.6 is 0 Å². The van der Waals surface area contributed by atoms with Gasteiger partial charge in [-0.15, -0.1) is 0 Å². The molecule has 30 heavy (non-hydrogen) atoms. The van der Waals surface area contributed by atoms with Gasteiger partial charge in [-0.05, 0) is 57.9 Å². The highest BCUT2D eigenvalue weighted by Gasteiger charge is 2.26. The molecule has 0 spiro atoms. The van der Waals surface area contributed by atoms with E-state index in [0.29, 0.717) is 0 Å². The molecule has 1 N–H and O–H groups in total. The number of alkyl carbamates (subject to hydrolysis) is 1. The van der Waals surface area contributed by atoms with E-state index in [9.17, 15) is 9.59 Å². The maximum atomic E-state index is 12.7. The monoisotopic (exact) mass is 413 g/mol. The summed E-state index contributed by atoms with van der Waals surface area (Å²) >= 11 is 0. The summed E-state index contributed by atoms with van der Waals surface area (Å²) in [5.41, 5.74) is 1.07. The minimum Gasteiger partial charge on any atom is -0.491 e. The van der Waals surface area contributed by atoms with E-state index in [1.54, 1.807) is 20.8 Å². The molecule has 0 heterocycles. The zero-order valence-corrected chi connectivity index (χ0v) is 18.3. The molecule has 0 aromatic heterocycles. The van der Waals surface area contributed by atoms with Crippen LogP contribution < -0.4 is 10.1 Å². The first-order valence-electron chi connectivity index (χ1n) is 10.1. The van der Waals surface area contributed by atoms with Crippen LogP contribution in [0.2, 0.25) is 0 Å². The van der Waals surface area contributed by atoms with Gasteiger partial charge in [0, 0.05) is 6.42 Å². The Kier molecular flexibility index (Phi) is 8.27. The van der Waals surface area contributed by atoms with Crippen LogP contribution in [0.15, 0.2) is 54.6 Å². The minimum absolute atomic E-state index is 0.0744. The van der Waals surface area contributed by atoms with E-state index in [1.165, 1.54) is 0 Å². The number of nitrogens with one attached hydrogen (secondary N) is 1. The van der Waals surface area contributed by atoms with E-state index in [-0.39, 0.29) is 19.1 Å². The van der Waals surface area contributed by atoms with Crippen molar-refractivity contribution in [3.63, 3.8) is 0 Å². The second-order valence-corrected chi connectivity index (χ2v) is 8.31. The summed E-state index contributed by atoms with van der Waals surface area (Å²) in [5.74, 6) is 0.226. The summed E-state index contributed by atoms with van der Waals surface area (Å²) in [6.07, 6.45) is -0.316. The highest BCUT2D eigenvalue weighted by atomic mass is 16.6. The fourth-order valence-corrected chi connectivity index (χ4v) is 2.68. The van der Waals surface area contributed by atoms with Gasteiger partial charge in [-0.2, -0.15) is 0 Å². The van der Waals surface area contributed by atoms with E-state index in [2.05, 4.69) is 5.32 Å². The maximum Gasteiger partial charge on any atom is 0.408 e. The Morgan fingerprint density at radius 3 is 2.13 bits per heavy atom. The molecule has 0 radical (unpaired) electrons. The fourth-order valence-electron chi connectivity index (χ4n) is 2.68. The first kappa shape index (κ1) is 23.3. The van der Waals surface area contributed by atoms with Crippen LogP contribution in [0.4, 0.5) is 4.79 Å². The van der Waals surface area contributed by atoms with Crippen LogP contribution in [-0.4, -0.2) is 29.8 Å². The molecule has 6 heteroatoms. The number of hydrogen-bond acceptors (Lipinski definition) is 5. The number of esters is 1. The van der Waals surface area contributed by atoms with E-state index >= 15 is 0 Å². The lowest BCUT2D eigenvalue weighted by atomic mass is 10.1. The van der Waals surface area contributed by atoms with Gasteiger partial charge in [-0.1, -0.05) is 42.5 Å². The lowest BCUT2D eigenvalue weighted by molar-refractivity contribution is -0.147. The van der Waals surface area contributed by atoms with Crippen molar-refractivity contribution < 1.29 is 23.8 Å². The molecule has 0 saturated heterocycles. The number of hydrogen-bond donors (Lipinski definition) is 1. The molecule has 0 fully saturated rings. The first-order valence-corrected chi connectivity index (χ1v) is 10.1. The lowest BCUT2D eigenvalue weighted by Gasteiger charge is -2.23. The highest BCUT2D eigenvalue weighted by Crippen LogP contribution is 2.16. The van der Waals surface area contributed by atoms with Crippen LogP contribution in [0, 0.1) is 0 Å². The Balaban J connectivity index is 2.07. The summed E-state index contributed by atoms with van der Waals surface area (Å²) in [6, 6.07) is 15.9. The second-order valence-electron chi connectivity index (χ2n) is 8.31. The fraction of sp³-hybridized carbons (Fsp3) is 0.417. The van der Waals surface area contributed by atoms with E-state index in [0.717, 1.165) is 16.9 Å². The quantitative estimate of drug-likeness (QED) is 0.638. The number of carbonyl (C=O) groups is 2. The SMILES string of the molecule is CC(C)Oc1ccc(CC(NC(=O)OC(C)(C)C)C(=O)OCc2ccccc2)cc1. The zero-order valence-electron chi connectivity index (χ0n) is 18.3. The third kappa shape index (κ3) is 8.55. The molecular weight excluding hydrogens is 382 g/mol. The van der Waals surface area contributed by atoms with Crippen molar-refractivity contribution in [3.8, 4) is 5.75 Å². The zero-order chi connectivity index (χ0) is 22.1. The van der Waals surface area contributed by atoms with Gasteiger partial charge in [0.1, 0.15) is 24.0 Å². The maximum absolute atomic E-state index is 12.7. The van der Waals surface area contributed by atoms with Gasteiger partial charge in [0.25, 0.3) is 0 Å². The molecule has 0 aliphatic heterocycles. The third-order valence-corrected chi connectivity index (χ3v) is 3.93. The van der Waals surface area contributed by atoms with Crippen molar-refractivity contribution in [2.45, 2.75) is 65.4 Å². The Hall–Kier alpha value is -3.02. The van der Waals surface area contributed by atoms with Gasteiger partial charge in [0.15, 0.2) is 0 Å². The summed E-state index contributed by atoms with van der Waals surface area (Å²) in [6.45, 7) is 9.34. The molecule has 0 bridgehead atoms. The molecule has 0 aliphatic rings. The number of ether oxygens (including phenoxy) is 3. The summed E-state index contributed by atoms with van der Waals surface area (Å²) in [7, 11) is 0. The molecule has 1 amide bonds. The molecule has 0 saturated carbocycles. The van der Waals surface area contributed by atoms with E-state index in [4.69, 9.17) is 14.2 Å². The van der Waals surface area contributed by atoms with Gasteiger partial charge < -0.3 is 19.5 Å². The number of benzene rings is 2. The van der Waals surface area contributed by atoms with Crippen molar-refractivity contribution in [2.75, 3.05) is 0 Å². The molecule has 6 nitrogen and oxygen atoms in total. The van der Waals surface area contributed by atoms with Gasteiger partial charge in [-0.25, -0.2) is 9.59 Å². The predicted octanol–water partition coefficient (Wildman–Crippen LogP) is 4.65. The smallest absolute Gasteiger partial charge is 0.408 e. The van der Waals surface area contributed by atoms with Gasteiger partial charge in [-0.3, -0.25) is 0 Å². The average Bonchev–Trinajstić information content (AvgIpc) is 2.66. The molecule has 2 rings (SSSR count). The molecule has 2 aromatic carbocycles. The Morgan fingerprint density at radius 2 is 1.57 bits per heavy atom. The summed E-state index contributed by atoms with van der Waals surface area (Å²) < 4.78 is 16.4. The standard InChI is InChI=1S/C24H31NO5/c1-17(2)29-20-13-11-18(12-14-20)15-21(25-23(27)30-24(3,4)5)22(26)28-16-19-9-7-6-8-10-19/h6-14,17,21H,15-16H2,1-5H3,(H,25,27). The third-order valence-electron chi connectivity index (χ3n) is 3.93. The molecule has 1 unspecified atom stereocenters. The van der Waals surface area contributed by atoms with Crippen LogP contribution in [-0.2, 0) is 27.3 Å². The summed E-state index contributed by atoms with van der Waals surface area (Å²) in [4.78, 5) is 25.0. The lowest BCUT2D eigenvalue weighted by Crippen LogP contribution is -2.45. The van der Waals surface area contributed by atoms with E-state index in [1.807, 2.05) is 68.4 Å². The van der Waals surface area contributed by atoms with Crippen molar-refractivity contribution in [3.05, 3.63) is 65.7 Å². The van der Waals surface area contributed by atoms with Gasteiger partial charge in [0.05, 0.1) is 6.10 Å². The van der Waals surface area contributed by atoms with E-state index < -0.39 is 23.7 Å². The molecule has 162 valence electrons. The van der Waals surface area contributed by atoms with Gasteiger partial charge in [0.2, 0.25) is 0 Å². The largest absolute Gasteiger partial charge is 0.491 e. The topological polar surface area (TPSA) is 73.9 Å². The molecule has 0 aliphatic carbocycles. The predicted molar refractivity (Wildman–Crippen MR) is 115 cm³/mol. The molecule has 1 atom stereocenters. The van der Waals surface area contributed by atoms with Crippen LogP contribution in [0.1, 0.15) is 45.7 Å². The highest BCUT2D eigenvalue weighted by molar-refractivity contribution is 5.81. The minimum atomic E-state index is -0.875. The first-order chi connectivity index (χ1) is 14.1. The second kappa shape index (κ2) is 10.7. The van der Waals surface area contributed by atoms with Crippen molar-refractivity contribution in [1.82, 2.24) is 5.32 Å². The van der Waals surface area contributed by atoms with Crippen molar-refractivity contribution >= 4 is 12.1 Å². The number of rotatable bonds is 8. The average molecular weight is 414 g/mol. The van der Waals surface area contributed by atoms with Gasteiger partial charge >= 0.3 is 12.1 Å². The Labute approximate surface area is 178 Å². The van der Waals surface area contributed by atoms with Crippen LogP contribution in [0.5, 0.6) is 5.75 Å². The molecule has 2 aromatic rings. The summed E-state index contributed by atoms with van der Waals surface area (Å²) in [5, 5.41) is 2.64. The van der Waals surface area contributed by atoms with Crippen molar-refractivity contribution in [1.29, 1.82) is 0 Å². The normalized spacial score (nSPS) is 12.2. The van der Waals surface area contributed by atoms with Crippen LogP contribution in [0.25, 0.3) is 0 Å². The number of amides is 1.